The molecule has 0 aliphatic carbocycles. The van der Waals surface area contributed by atoms with E-state index in [1.165, 1.54) is 16.2 Å². The number of alkyl halides is 2. The summed E-state index contributed by atoms with van der Waals surface area (Å²) in [5, 5.41) is 5.70. The number of anilines is 2. The van der Waals surface area contributed by atoms with E-state index in [2.05, 4.69) is 15.3 Å². The van der Waals surface area contributed by atoms with Gasteiger partial charge in [0.05, 0.1) is 11.9 Å². The lowest BCUT2D eigenvalue weighted by molar-refractivity contribution is 0.156. The molecule has 2 rings (SSSR count). The van der Waals surface area contributed by atoms with Crippen LogP contribution < -0.4 is 10.2 Å². The molecule has 2 heterocycles. The maximum atomic E-state index is 12.4. The van der Waals surface area contributed by atoms with E-state index in [0.717, 1.165) is 10.2 Å². The first kappa shape index (κ1) is 12.9. The van der Waals surface area contributed by atoms with Crippen LogP contribution in [0.3, 0.4) is 0 Å². The summed E-state index contributed by atoms with van der Waals surface area (Å²) in [6.07, 6.45) is -2.39. The topological polar surface area (TPSA) is 41.1 Å². The second-order valence-corrected chi connectivity index (χ2v) is 4.71. The number of hydrogen-bond acceptors (Lipinski definition) is 5. The molecule has 0 saturated carbocycles. The summed E-state index contributed by atoms with van der Waals surface area (Å²) in [6.45, 7) is 2.28. The highest BCUT2D eigenvalue weighted by atomic mass is 32.1. The highest BCUT2D eigenvalue weighted by molar-refractivity contribution is 7.16. The normalized spacial score (nSPS) is 11.2. The molecule has 4 nitrogen and oxygen atoms in total. The van der Waals surface area contributed by atoms with Crippen LogP contribution in [-0.4, -0.2) is 36.5 Å². The highest BCUT2D eigenvalue weighted by Gasteiger charge is 2.15. The standard InChI is InChI=1S/C11H14F2N4S/c1-3-14-11-15-9(17(2)6-8(12)13)7-4-5-18-10(7)16-11/h4-5,8H,3,6H2,1-2H3,(H,14,15,16). The van der Waals surface area contributed by atoms with E-state index in [4.69, 9.17) is 0 Å². The average Bonchev–Trinajstić information content (AvgIpc) is 2.75. The summed E-state index contributed by atoms with van der Waals surface area (Å²) >= 11 is 1.47. The van der Waals surface area contributed by atoms with Crippen molar-refractivity contribution in [3.8, 4) is 0 Å². The molecular formula is C11H14F2N4S. The zero-order valence-electron chi connectivity index (χ0n) is 10.2. The Balaban J connectivity index is 2.42. The van der Waals surface area contributed by atoms with Gasteiger partial charge in [0, 0.05) is 13.6 Å². The maximum Gasteiger partial charge on any atom is 0.255 e. The van der Waals surface area contributed by atoms with Gasteiger partial charge >= 0.3 is 0 Å². The zero-order valence-corrected chi connectivity index (χ0v) is 11.0. The number of fused-ring (bicyclic) bond motifs is 1. The van der Waals surface area contributed by atoms with E-state index in [-0.39, 0.29) is 6.54 Å². The Morgan fingerprint density at radius 1 is 1.44 bits per heavy atom. The lowest BCUT2D eigenvalue weighted by Crippen LogP contribution is -2.25. The van der Waals surface area contributed by atoms with Gasteiger partial charge in [-0.2, -0.15) is 4.98 Å². The number of halogens is 2. The minimum absolute atomic E-state index is 0.340. The smallest absolute Gasteiger partial charge is 0.255 e. The van der Waals surface area contributed by atoms with Crippen LogP contribution >= 0.6 is 11.3 Å². The summed E-state index contributed by atoms with van der Waals surface area (Å²) in [5.74, 6) is 1.01. The molecule has 0 amide bonds. The molecule has 0 spiro atoms. The van der Waals surface area contributed by atoms with Gasteiger partial charge in [0.2, 0.25) is 5.95 Å². The molecule has 18 heavy (non-hydrogen) atoms. The van der Waals surface area contributed by atoms with Crippen molar-refractivity contribution in [2.45, 2.75) is 13.3 Å². The molecule has 0 atom stereocenters. The first-order valence-corrected chi connectivity index (χ1v) is 6.48. The number of rotatable bonds is 5. The second kappa shape index (κ2) is 5.43. The number of hydrogen-bond donors (Lipinski definition) is 1. The van der Waals surface area contributed by atoms with Crippen LogP contribution in [0.15, 0.2) is 11.4 Å². The lowest BCUT2D eigenvalue weighted by atomic mass is 10.3. The molecule has 0 saturated heterocycles. The molecule has 0 bridgehead atoms. The van der Waals surface area contributed by atoms with Crippen LogP contribution in [0.1, 0.15) is 6.92 Å². The van der Waals surface area contributed by atoms with Crippen LogP contribution in [0, 0.1) is 0 Å². The third kappa shape index (κ3) is 2.66. The van der Waals surface area contributed by atoms with Gasteiger partial charge in [-0.15, -0.1) is 11.3 Å². The van der Waals surface area contributed by atoms with Crippen LogP contribution in [0.25, 0.3) is 10.2 Å². The summed E-state index contributed by atoms with van der Waals surface area (Å²) in [7, 11) is 1.61. The fraction of sp³-hybridized carbons (Fsp3) is 0.455. The van der Waals surface area contributed by atoms with E-state index in [1.54, 1.807) is 7.05 Å². The van der Waals surface area contributed by atoms with Gasteiger partial charge in [0.1, 0.15) is 10.6 Å². The van der Waals surface area contributed by atoms with Crippen LogP contribution in [-0.2, 0) is 0 Å². The Morgan fingerprint density at radius 3 is 2.89 bits per heavy atom. The molecule has 0 radical (unpaired) electrons. The summed E-state index contributed by atoms with van der Waals surface area (Å²) in [5.41, 5.74) is 0. The van der Waals surface area contributed by atoms with Gasteiger partial charge in [-0.1, -0.05) is 0 Å². The molecule has 7 heteroatoms. The van der Waals surface area contributed by atoms with E-state index in [9.17, 15) is 8.78 Å². The van der Waals surface area contributed by atoms with Crippen molar-refractivity contribution in [2.24, 2.45) is 0 Å². The third-order valence-corrected chi connectivity index (χ3v) is 3.22. The van der Waals surface area contributed by atoms with Crippen LogP contribution in [0.2, 0.25) is 0 Å². The molecule has 1 N–H and O–H groups in total. The molecule has 0 unspecified atom stereocenters. The van der Waals surface area contributed by atoms with Crippen LogP contribution in [0.4, 0.5) is 20.5 Å². The largest absolute Gasteiger partial charge is 0.354 e. The van der Waals surface area contributed by atoms with E-state index < -0.39 is 6.43 Å². The molecule has 98 valence electrons. The molecule has 0 aromatic carbocycles. The monoisotopic (exact) mass is 272 g/mol. The van der Waals surface area contributed by atoms with Crippen molar-refractivity contribution in [3.05, 3.63) is 11.4 Å². The average molecular weight is 272 g/mol. The van der Waals surface area contributed by atoms with Gasteiger partial charge in [-0.3, -0.25) is 0 Å². The second-order valence-electron chi connectivity index (χ2n) is 3.81. The number of aromatic nitrogens is 2. The Hall–Kier alpha value is -1.50. The number of thiophene rings is 1. The highest BCUT2D eigenvalue weighted by Crippen LogP contribution is 2.28. The van der Waals surface area contributed by atoms with E-state index in [0.29, 0.717) is 18.3 Å². The maximum absolute atomic E-state index is 12.4. The SMILES string of the molecule is CCNc1nc(N(C)CC(F)F)c2ccsc2n1. The minimum atomic E-state index is -2.39. The Kier molecular flexibility index (Phi) is 3.90. The van der Waals surface area contributed by atoms with Crippen molar-refractivity contribution in [1.82, 2.24) is 9.97 Å². The van der Waals surface area contributed by atoms with Crippen molar-refractivity contribution in [2.75, 3.05) is 30.4 Å². The fourth-order valence-electron chi connectivity index (χ4n) is 1.66. The van der Waals surface area contributed by atoms with E-state index >= 15 is 0 Å². The Labute approximate surface area is 108 Å². The molecular weight excluding hydrogens is 258 g/mol. The predicted molar refractivity (Wildman–Crippen MR) is 70.9 cm³/mol. The summed E-state index contributed by atoms with van der Waals surface area (Å²) in [6, 6.07) is 1.85. The quantitative estimate of drug-likeness (QED) is 0.908. The first-order valence-electron chi connectivity index (χ1n) is 5.60. The van der Waals surface area contributed by atoms with Gasteiger partial charge in [0.25, 0.3) is 6.43 Å². The van der Waals surface area contributed by atoms with Gasteiger partial charge < -0.3 is 10.2 Å². The molecule has 2 aromatic rings. The van der Waals surface area contributed by atoms with Gasteiger partial charge in [-0.25, -0.2) is 13.8 Å². The zero-order chi connectivity index (χ0) is 13.1. The van der Waals surface area contributed by atoms with Crippen molar-refractivity contribution in [3.63, 3.8) is 0 Å². The molecule has 0 aliphatic rings. The summed E-state index contributed by atoms with van der Waals surface area (Å²) in [4.78, 5) is 10.9. The Morgan fingerprint density at radius 2 is 2.22 bits per heavy atom. The minimum Gasteiger partial charge on any atom is -0.354 e. The van der Waals surface area contributed by atoms with Crippen molar-refractivity contribution < 1.29 is 8.78 Å². The third-order valence-electron chi connectivity index (χ3n) is 2.41. The number of nitrogens with one attached hydrogen (secondary N) is 1. The molecule has 0 fully saturated rings. The van der Waals surface area contributed by atoms with Gasteiger partial charge in [-0.05, 0) is 18.4 Å². The summed E-state index contributed by atoms with van der Waals surface area (Å²) < 4.78 is 24.9. The van der Waals surface area contributed by atoms with Gasteiger partial charge in [0.15, 0.2) is 0 Å². The van der Waals surface area contributed by atoms with Crippen LogP contribution in [0.5, 0.6) is 0 Å². The van der Waals surface area contributed by atoms with Crippen molar-refractivity contribution >= 4 is 33.3 Å². The van der Waals surface area contributed by atoms with Crippen molar-refractivity contribution in [1.29, 1.82) is 0 Å². The molecule has 2 aromatic heterocycles. The lowest BCUT2D eigenvalue weighted by Gasteiger charge is -2.19. The van der Waals surface area contributed by atoms with E-state index in [1.807, 2.05) is 18.4 Å². The number of nitrogens with zero attached hydrogens (tertiary/aromatic N) is 3. The molecule has 0 aliphatic heterocycles. The fourth-order valence-corrected chi connectivity index (χ4v) is 2.42. The first-order chi connectivity index (χ1) is 8.61. The predicted octanol–water partition coefficient (Wildman–Crippen LogP) is 2.82. The Bertz CT molecular complexity index is 529.